The van der Waals surface area contributed by atoms with Crippen LogP contribution in [0.3, 0.4) is 0 Å². The van der Waals surface area contributed by atoms with Gasteiger partial charge in [0.1, 0.15) is 41.5 Å². The first-order valence-electron chi connectivity index (χ1n) is 22.2. The number of methoxy groups -OCH3 is 5. The van der Waals surface area contributed by atoms with Crippen LogP contribution in [0.1, 0.15) is 27.8 Å². The van der Waals surface area contributed by atoms with Crippen molar-refractivity contribution in [3.8, 4) is 28.7 Å². The molecule has 5 aromatic rings. The second-order valence-corrected chi connectivity index (χ2v) is 15.4. The number of carbonyl (C=O) groups is 5. The Balaban J connectivity index is 1.40. The summed E-state index contributed by atoms with van der Waals surface area (Å²) in [6.45, 7) is -0.670. The van der Waals surface area contributed by atoms with Crippen LogP contribution in [0.25, 0.3) is 30.4 Å². The maximum Gasteiger partial charge on any atom is 0.333 e. The van der Waals surface area contributed by atoms with Crippen LogP contribution in [0.5, 0.6) is 28.7 Å². The minimum absolute atomic E-state index is 0.513. The molecular formula is C56H52O16. The highest BCUT2D eigenvalue weighted by Gasteiger charge is 2.54. The fourth-order valence-electron chi connectivity index (χ4n) is 6.94. The third kappa shape index (κ3) is 16.1. The molecule has 72 heavy (non-hydrogen) atoms. The van der Waals surface area contributed by atoms with Gasteiger partial charge in [-0.1, -0.05) is 60.7 Å². The Morgan fingerprint density at radius 1 is 0.389 bits per heavy atom. The molecule has 1 heterocycles. The summed E-state index contributed by atoms with van der Waals surface area (Å²) in [5.74, 6) is -2.23. The summed E-state index contributed by atoms with van der Waals surface area (Å²) in [5.41, 5.74) is 2.85. The molecule has 1 aliphatic heterocycles. The van der Waals surface area contributed by atoms with Gasteiger partial charge in [-0.05, 0) is 119 Å². The number of carbonyl (C=O) groups excluding carboxylic acids is 5. The van der Waals surface area contributed by atoms with E-state index in [2.05, 4.69) is 0 Å². The van der Waals surface area contributed by atoms with Crippen LogP contribution >= 0.6 is 0 Å². The van der Waals surface area contributed by atoms with Crippen LogP contribution in [-0.2, 0) is 52.4 Å². The lowest BCUT2D eigenvalue weighted by Crippen LogP contribution is -2.63. The van der Waals surface area contributed by atoms with Crippen molar-refractivity contribution in [3.63, 3.8) is 0 Å². The number of hydrogen-bond donors (Lipinski definition) is 0. The summed E-state index contributed by atoms with van der Waals surface area (Å²) in [7, 11) is 7.48. The average molecular weight is 981 g/mol. The van der Waals surface area contributed by atoms with Gasteiger partial charge in [-0.25, -0.2) is 24.0 Å². The van der Waals surface area contributed by atoms with Gasteiger partial charge in [0.25, 0.3) is 0 Å². The minimum atomic E-state index is -1.89. The zero-order valence-corrected chi connectivity index (χ0v) is 39.9. The number of benzene rings is 5. The highest BCUT2D eigenvalue weighted by Crippen LogP contribution is 2.31. The quantitative estimate of drug-likeness (QED) is 0.0389. The molecule has 0 unspecified atom stereocenters. The second kappa shape index (κ2) is 26.8. The Kier molecular flexibility index (Phi) is 19.5. The average Bonchev–Trinajstić information content (AvgIpc) is 3.41. The lowest BCUT2D eigenvalue weighted by Gasteiger charge is -2.43. The van der Waals surface area contributed by atoms with Crippen molar-refractivity contribution in [3.05, 3.63) is 180 Å². The van der Waals surface area contributed by atoms with Crippen molar-refractivity contribution < 1.29 is 76.1 Å². The van der Waals surface area contributed by atoms with E-state index in [9.17, 15) is 24.0 Å². The van der Waals surface area contributed by atoms with Crippen molar-refractivity contribution in [1.29, 1.82) is 0 Å². The zero-order valence-electron chi connectivity index (χ0n) is 39.9. The first-order valence-corrected chi connectivity index (χ1v) is 22.2. The number of hydrogen-bond acceptors (Lipinski definition) is 16. The van der Waals surface area contributed by atoms with Gasteiger partial charge in [0.05, 0.1) is 35.5 Å². The van der Waals surface area contributed by atoms with Crippen LogP contribution in [0, 0.1) is 0 Å². The van der Waals surface area contributed by atoms with E-state index in [1.165, 1.54) is 65.9 Å². The number of ether oxygens (including phenoxy) is 11. The first kappa shape index (κ1) is 52.5. The Morgan fingerprint density at radius 2 is 0.681 bits per heavy atom. The molecule has 16 heteroatoms. The standard InChI is InChI=1S/C56H52O16/c1-62-42-16-6-11-37(31-42)21-26-48(57)67-36-47-53(69-49(58)27-22-38-12-7-17-43(32-38)63-2)54(70-50(59)28-23-39-13-8-18-44(33-39)64-3)55(71-51(60)29-24-40-14-9-19-45(34-40)65-4)56(68-47)72-52(61)30-25-41-15-10-20-46(35-41)66-5/h6-35,47,53-56H,36H2,1-5H3/b26-21+,27-22+,28-23+,29-24+,30-25+/t47-,53+,54+,55+,56+/m1/s1. The summed E-state index contributed by atoms with van der Waals surface area (Å²) < 4.78 is 62.3. The Morgan fingerprint density at radius 3 is 1.01 bits per heavy atom. The Hall–Kier alpha value is -8.89. The number of esters is 5. The van der Waals surface area contributed by atoms with E-state index in [0.29, 0.717) is 56.6 Å². The normalized spacial score (nSPS) is 17.7. The summed E-state index contributed by atoms with van der Waals surface area (Å²) in [4.78, 5) is 68.8. The van der Waals surface area contributed by atoms with E-state index < -0.39 is 67.2 Å². The van der Waals surface area contributed by atoms with Gasteiger partial charge in [0, 0.05) is 30.4 Å². The lowest BCUT2D eigenvalue weighted by atomic mass is 9.98. The smallest absolute Gasteiger partial charge is 0.333 e. The third-order valence-electron chi connectivity index (χ3n) is 10.5. The summed E-state index contributed by atoms with van der Waals surface area (Å²) in [6.07, 6.45) is 3.98. The fraction of sp³-hybridized carbons (Fsp3) is 0.196. The molecule has 16 nitrogen and oxygen atoms in total. The van der Waals surface area contributed by atoms with Gasteiger partial charge in [-0.3, -0.25) is 0 Å². The highest BCUT2D eigenvalue weighted by atomic mass is 16.7. The molecule has 0 aromatic heterocycles. The maximum atomic E-state index is 14.0. The Bertz CT molecular complexity index is 2820. The van der Waals surface area contributed by atoms with Crippen LogP contribution in [0.4, 0.5) is 0 Å². The van der Waals surface area contributed by atoms with E-state index in [-0.39, 0.29) is 0 Å². The first-order chi connectivity index (χ1) is 34.9. The van der Waals surface area contributed by atoms with Crippen LogP contribution in [0.15, 0.2) is 152 Å². The Labute approximate surface area is 416 Å². The predicted octanol–water partition coefficient (Wildman–Crippen LogP) is 8.14. The molecule has 0 aliphatic carbocycles. The highest BCUT2D eigenvalue weighted by molar-refractivity contribution is 5.90. The van der Waals surface area contributed by atoms with Gasteiger partial charge in [0.2, 0.25) is 12.4 Å². The van der Waals surface area contributed by atoms with Gasteiger partial charge < -0.3 is 52.1 Å². The van der Waals surface area contributed by atoms with E-state index >= 15 is 0 Å². The topological polar surface area (TPSA) is 187 Å². The molecule has 0 spiro atoms. The fourth-order valence-corrected chi connectivity index (χ4v) is 6.94. The molecule has 372 valence electrons. The zero-order chi connectivity index (χ0) is 51.2. The molecule has 1 aliphatic rings. The van der Waals surface area contributed by atoms with Crippen molar-refractivity contribution in [2.75, 3.05) is 42.2 Å². The summed E-state index contributed by atoms with van der Waals surface area (Å²) in [6, 6.07) is 34.2. The maximum absolute atomic E-state index is 14.0. The molecule has 5 aromatic carbocycles. The summed E-state index contributed by atoms with van der Waals surface area (Å²) >= 11 is 0. The monoisotopic (exact) mass is 980 g/mol. The summed E-state index contributed by atoms with van der Waals surface area (Å²) in [5, 5.41) is 0. The van der Waals surface area contributed by atoms with E-state index in [1.807, 2.05) is 0 Å². The van der Waals surface area contributed by atoms with Crippen LogP contribution < -0.4 is 23.7 Å². The third-order valence-corrected chi connectivity index (χ3v) is 10.5. The van der Waals surface area contributed by atoms with Gasteiger partial charge in [-0.2, -0.15) is 0 Å². The SMILES string of the molecule is COc1cccc(/C=C/C(=O)OC[C@H]2O[C@@H](OC(=O)/C=C/c3cccc(OC)c3)[C@@H](OC(=O)/C=C/c3cccc(OC)c3)[C@@H](OC(=O)/C=C/c3cccc(OC)c3)[C@H]2OC(=O)/C=C/c2cccc(OC)c2)c1. The molecule has 1 saturated heterocycles. The van der Waals surface area contributed by atoms with Crippen LogP contribution in [0.2, 0.25) is 0 Å². The predicted molar refractivity (Wildman–Crippen MR) is 265 cm³/mol. The molecule has 0 saturated carbocycles. The van der Waals surface area contributed by atoms with Crippen molar-refractivity contribution in [2.24, 2.45) is 0 Å². The molecule has 1 fully saturated rings. The lowest BCUT2D eigenvalue weighted by molar-refractivity contribution is -0.298. The number of rotatable bonds is 21. The second-order valence-electron chi connectivity index (χ2n) is 15.4. The van der Waals surface area contributed by atoms with E-state index in [4.69, 9.17) is 52.1 Å². The van der Waals surface area contributed by atoms with E-state index in [1.54, 1.807) is 121 Å². The molecule has 0 bridgehead atoms. The molecule has 0 radical (unpaired) electrons. The van der Waals surface area contributed by atoms with Crippen molar-refractivity contribution in [2.45, 2.75) is 30.7 Å². The molecule has 5 atom stereocenters. The van der Waals surface area contributed by atoms with Gasteiger partial charge in [0.15, 0.2) is 12.2 Å². The largest absolute Gasteiger partial charge is 0.497 e. The molecular weight excluding hydrogens is 929 g/mol. The van der Waals surface area contributed by atoms with Crippen molar-refractivity contribution in [1.82, 2.24) is 0 Å². The van der Waals surface area contributed by atoms with Gasteiger partial charge in [-0.15, -0.1) is 0 Å². The van der Waals surface area contributed by atoms with Crippen molar-refractivity contribution >= 4 is 60.2 Å². The molecule has 0 amide bonds. The van der Waals surface area contributed by atoms with Crippen LogP contribution in [-0.4, -0.2) is 103 Å². The van der Waals surface area contributed by atoms with Gasteiger partial charge >= 0.3 is 29.8 Å². The molecule has 6 rings (SSSR count). The molecule has 0 N–H and O–H groups in total. The minimum Gasteiger partial charge on any atom is -0.497 e. The van der Waals surface area contributed by atoms with E-state index in [0.717, 1.165) is 30.4 Å².